The number of fused-ring (bicyclic) bond motifs is 9. The third-order valence-electron chi connectivity index (χ3n) is 11.3. The molecule has 266 valence electrons. The zero-order valence-corrected chi connectivity index (χ0v) is 31.5. The molecule has 0 amide bonds. The standard InChI is InChI=1S/C52H32N4S/c1-3-14-33(15-4-1)49-51-50(41-22-9-12-25-48(41)57-51)54-52(53-49)36-16-13-19-38(30-36)56-45-24-11-8-21-40(45)43-32-35(27-29-47(43)56)34-26-28-46-42(31-34)39-20-7-10-23-44(39)55(46)37-17-5-2-6-18-37/h1-32H. The molecule has 4 heterocycles. The second-order valence-corrected chi connectivity index (χ2v) is 15.6. The van der Waals surface area contributed by atoms with Crippen LogP contribution in [0.3, 0.4) is 0 Å². The first kappa shape index (κ1) is 32.0. The lowest BCUT2D eigenvalue weighted by atomic mass is 10.0. The van der Waals surface area contributed by atoms with Crippen molar-refractivity contribution in [2.45, 2.75) is 0 Å². The van der Waals surface area contributed by atoms with E-state index in [4.69, 9.17) is 9.97 Å². The van der Waals surface area contributed by atoms with Crippen LogP contribution in [0.25, 0.3) is 109 Å². The molecule has 8 aromatic carbocycles. The molecular formula is C52H32N4S. The van der Waals surface area contributed by atoms with Gasteiger partial charge in [-0.3, -0.25) is 0 Å². The summed E-state index contributed by atoms with van der Waals surface area (Å²) in [6, 6.07) is 69.6. The Hall–Kier alpha value is -7.34. The van der Waals surface area contributed by atoms with Gasteiger partial charge in [0, 0.05) is 54.1 Å². The molecule has 4 aromatic heterocycles. The normalized spacial score (nSPS) is 11.9. The zero-order chi connectivity index (χ0) is 37.5. The molecule has 0 spiro atoms. The second-order valence-electron chi connectivity index (χ2n) is 14.6. The Labute approximate surface area is 332 Å². The fourth-order valence-corrected chi connectivity index (χ4v) is 9.89. The molecule has 12 rings (SSSR count). The lowest BCUT2D eigenvalue weighted by Crippen LogP contribution is -1.97. The van der Waals surface area contributed by atoms with Gasteiger partial charge in [0.25, 0.3) is 0 Å². The number of para-hydroxylation sites is 3. The van der Waals surface area contributed by atoms with Crippen LogP contribution in [0.15, 0.2) is 194 Å². The molecule has 0 unspecified atom stereocenters. The smallest absolute Gasteiger partial charge is 0.160 e. The first-order valence-corrected chi connectivity index (χ1v) is 20.1. The molecule has 0 saturated heterocycles. The van der Waals surface area contributed by atoms with E-state index in [0.29, 0.717) is 0 Å². The predicted octanol–water partition coefficient (Wildman–Crippen LogP) is 14.0. The highest BCUT2D eigenvalue weighted by molar-refractivity contribution is 7.26. The molecule has 0 radical (unpaired) electrons. The van der Waals surface area contributed by atoms with Crippen molar-refractivity contribution in [3.05, 3.63) is 194 Å². The molecule has 5 heteroatoms. The van der Waals surface area contributed by atoms with Gasteiger partial charge in [-0.05, 0) is 77.9 Å². The molecule has 12 aromatic rings. The van der Waals surface area contributed by atoms with Crippen molar-refractivity contribution in [2.24, 2.45) is 0 Å². The zero-order valence-electron chi connectivity index (χ0n) is 30.7. The highest BCUT2D eigenvalue weighted by Crippen LogP contribution is 2.41. The van der Waals surface area contributed by atoms with Gasteiger partial charge in [-0.1, -0.05) is 127 Å². The molecule has 0 aliphatic rings. The minimum atomic E-state index is 0.721. The maximum Gasteiger partial charge on any atom is 0.160 e. The van der Waals surface area contributed by atoms with E-state index in [0.717, 1.165) is 55.0 Å². The van der Waals surface area contributed by atoms with Crippen molar-refractivity contribution >= 4 is 75.3 Å². The van der Waals surface area contributed by atoms with Crippen molar-refractivity contribution in [1.29, 1.82) is 0 Å². The van der Waals surface area contributed by atoms with E-state index in [1.165, 1.54) is 54.1 Å². The van der Waals surface area contributed by atoms with E-state index in [2.05, 4.69) is 203 Å². The molecule has 0 fully saturated rings. The van der Waals surface area contributed by atoms with E-state index in [1.807, 2.05) is 0 Å². The summed E-state index contributed by atoms with van der Waals surface area (Å²) in [5.41, 5.74) is 13.4. The van der Waals surface area contributed by atoms with Crippen LogP contribution in [0.1, 0.15) is 0 Å². The van der Waals surface area contributed by atoms with Gasteiger partial charge in [0.1, 0.15) is 0 Å². The Morgan fingerprint density at radius 2 is 0.877 bits per heavy atom. The van der Waals surface area contributed by atoms with Gasteiger partial charge in [-0.25, -0.2) is 9.97 Å². The van der Waals surface area contributed by atoms with E-state index in [1.54, 1.807) is 11.3 Å². The number of nitrogens with zero attached hydrogens (tertiary/aromatic N) is 4. The average molecular weight is 745 g/mol. The molecule has 57 heavy (non-hydrogen) atoms. The Morgan fingerprint density at radius 1 is 0.351 bits per heavy atom. The summed E-state index contributed by atoms with van der Waals surface area (Å²) in [4.78, 5) is 10.5. The Morgan fingerprint density at radius 3 is 1.56 bits per heavy atom. The third kappa shape index (κ3) is 4.99. The highest BCUT2D eigenvalue weighted by atomic mass is 32.1. The summed E-state index contributed by atoms with van der Waals surface area (Å²) in [5.74, 6) is 0.721. The molecule has 0 aliphatic heterocycles. The van der Waals surface area contributed by atoms with Crippen molar-refractivity contribution in [1.82, 2.24) is 19.1 Å². The van der Waals surface area contributed by atoms with Crippen molar-refractivity contribution in [3.8, 4) is 45.1 Å². The van der Waals surface area contributed by atoms with Crippen molar-refractivity contribution < 1.29 is 0 Å². The lowest BCUT2D eigenvalue weighted by Gasteiger charge is -2.11. The largest absolute Gasteiger partial charge is 0.309 e. The summed E-state index contributed by atoms with van der Waals surface area (Å²) >= 11 is 1.76. The number of aromatic nitrogens is 4. The van der Waals surface area contributed by atoms with Crippen molar-refractivity contribution in [2.75, 3.05) is 0 Å². The number of hydrogen-bond acceptors (Lipinski definition) is 3. The molecule has 0 bridgehead atoms. The summed E-state index contributed by atoms with van der Waals surface area (Å²) in [6.07, 6.45) is 0. The Kier molecular flexibility index (Phi) is 7.06. The van der Waals surface area contributed by atoms with Gasteiger partial charge in [-0.15, -0.1) is 11.3 Å². The maximum absolute atomic E-state index is 5.28. The minimum Gasteiger partial charge on any atom is -0.309 e. The molecule has 4 nitrogen and oxygen atoms in total. The highest BCUT2D eigenvalue weighted by Gasteiger charge is 2.19. The van der Waals surface area contributed by atoms with E-state index in [-0.39, 0.29) is 0 Å². The SMILES string of the molecule is c1ccc(-c2nc(-c3cccc(-n4c5ccccc5c5cc(-c6ccc7c(c6)c6ccccc6n7-c6ccccc6)ccc54)c3)nc3c2sc2ccccc23)cc1. The topological polar surface area (TPSA) is 35.6 Å². The fraction of sp³-hybridized carbons (Fsp3) is 0. The van der Waals surface area contributed by atoms with E-state index < -0.39 is 0 Å². The van der Waals surface area contributed by atoms with E-state index in [9.17, 15) is 0 Å². The molecule has 0 saturated carbocycles. The van der Waals surface area contributed by atoms with Gasteiger partial charge >= 0.3 is 0 Å². The second kappa shape index (κ2) is 12.6. The van der Waals surface area contributed by atoms with Crippen LogP contribution < -0.4 is 0 Å². The summed E-state index contributed by atoms with van der Waals surface area (Å²) in [6.45, 7) is 0. The van der Waals surface area contributed by atoms with Crippen LogP contribution in [0.5, 0.6) is 0 Å². The van der Waals surface area contributed by atoms with Crippen LogP contribution in [0.2, 0.25) is 0 Å². The van der Waals surface area contributed by atoms with Crippen LogP contribution in [-0.2, 0) is 0 Å². The average Bonchev–Trinajstić information content (AvgIpc) is 3.94. The van der Waals surface area contributed by atoms with Crippen molar-refractivity contribution in [3.63, 3.8) is 0 Å². The number of hydrogen-bond donors (Lipinski definition) is 0. The number of benzene rings is 8. The Bertz CT molecular complexity index is 3520. The fourth-order valence-electron chi connectivity index (χ4n) is 8.73. The first-order valence-electron chi connectivity index (χ1n) is 19.2. The lowest BCUT2D eigenvalue weighted by molar-refractivity contribution is 1.17. The molecule has 0 N–H and O–H groups in total. The minimum absolute atomic E-state index is 0.721. The molecule has 0 aliphatic carbocycles. The van der Waals surface area contributed by atoms with Gasteiger partial charge < -0.3 is 9.13 Å². The molecular weight excluding hydrogens is 713 g/mol. The van der Waals surface area contributed by atoms with Crippen LogP contribution in [-0.4, -0.2) is 19.1 Å². The first-order chi connectivity index (χ1) is 28.3. The summed E-state index contributed by atoms with van der Waals surface area (Å²) in [7, 11) is 0. The van der Waals surface area contributed by atoms with E-state index >= 15 is 0 Å². The van der Waals surface area contributed by atoms with Crippen LogP contribution >= 0.6 is 11.3 Å². The van der Waals surface area contributed by atoms with Gasteiger partial charge in [0.05, 0.1) is 38.0 Å². The van der Waals surface area contributed by atoms with Crippen LogP contribution in [0, 0.1) is 0 Å². The summed E-state index contributed by atoms with van der Waals surface area (Å²) < 4.78 is 7.08. The number of rotatable bonds is 5. The van der Waals surface area contributed by atoms with Crippen LogP contribution in [0.4, 0.5) is 0 Å². The van der Waals surface area contributed by atoms with Gasteiger partial charge in [0.2, 0.25) is 0 Å². The Balaban J connectivity index is 1.01. The summed E-state index contributed by atoms with van der Waals surface area (Å²) in [5, 5.41) is 6.10. The monoisotopic (exact) mass is 744 g/mol. The number of thiophene rings is 1. The quantitative estimate of drug-likeness (QED) is 0.176. The maximum atomic E-state index is 5.28. The van der Waals surface area contributed by atoms with Gasteiger partial charge in [0.15, 0.2) is 5.82 Å². The van der Waals surface area contributed by atoms with Gasteiger partial charge in [-0.2, -0.15) is 0 Å². The molecule has 0 atom stereocenters. The predicted molar refractivity (Wildman–Crippen MR) is 240 cm³/mol. The third-order valence-corrected chi connectivity index (χ3v) is 12.5.